The Kier molecular flexibility index (Phi) is 5.32. The van der Waals surface area contributed by atoms with E-state index < -0.39 is 11.6 Å². The molecule has 0 N–H and O–H groups in total. The summed E-state index contributed by atoms with van der Waals surface area (Å²) in [6, 6.07) is 3.71. The molecule has 0 bridgehead atoms. The van der Waals surface area contributed by atoms with E-state index in [9.17, 15) is 8.78 Å². The minimum absolute atomic E-state index is 0.144. The van der Waals surface area contributed by atoms with Crippen molar-refractivity contribution in [2.45, 2.75) is 25.7 Å². The normalized spacial score (nSPS) is 13.8. The fourth-order valence-electron chi connectivity index (χ4n) is 1.36. The fourth-order valence-corrected chi connectivity index (χ4v) is 3.57. The first-order valence-electron chi connectivity index (χ1n) is 5.53. The molecular weight excluding hydrogens is 258 g/mol. The average Bonchev–Trinajstić information content (AvgIpc) is 2.19. The molecule has 0 aliphatic rings. The maximum Gasteiger partial charge on any atom is 0.139 e. The summed E-state index contributed by atoms with van der Waals surface area (Å²) in [5, 5.41) is 0. The first-order chi connectivity index (χ1) is 7.84. The molecule has 0 nitrogen and oxygen atoms in total. The number of benzene rings is 1. The van der Waals surface area contributed by atoms with Crippen molar-refractivity contribution in [2.24, 2.45) is 11.3 Å². The molecule has 1 unspecified atom stereocenters. The third-order valence-corrected chi connectivity index (χ3v) is 4.43. The van der Waals surface area contributed by atoms with E-state index >= 15 is 0 Å². The van der Waals surface area contributed by atoms with Gasteiger partial charge in [0.15, 0.2) is 0 Å². The highest BCUT2D eigenvalue weighted by Gasteiger charge is 2.23. The molecule has 0 radical (unpaired) electrons. The third kappa shape index (κ3) is 4.51. The van der Waals surface area contributed by atoms with Gasteiger partial charge in [-0.2, -0.15) is 12.6 Å². The van der Waals surface area contributed by atoms with Gasteiger partial charge >= 0.3 is 0 Å². The van der Waals surface area contributed by atoms with Crippen LogP contribution in [0, 0.1) is 23.0 Å². The van der Waals surface area contributed by atoms with Crippen LogP contribution in [0.4, 0.5) is 8.78 Å². The second-order valence-electron chi connectivity index (χ2n) is 5.13. The van der Waals surface area contributed by atoms with Crippen LogP contribution in [0.5, 0.6) is 0 Å². The molecule has 1 rings (SSSR count). The van der Waals surface area contributed by atoms with Crippen LogP contribution < -0.4 is 0 Å². The molecule has 0 aromatic heterocycles. The zero-order chi connectivity index (χ0) is 13.1. The highest BCUT2D eigenvalue weighted by molar-refractivity contribution is 7.99. The molecule has 0 amide bonds. The van der Waals surface area contributed by atoms with E-state index in [-0.39, 0.29) is 5.41 Å². The molecule has 1 atom stereocenters. The molecule has 0 heterocycles. The van der Waals surface area contributed by atoms with Gasteiger partial charge in [-0.25, -0.2) is 8.78 Å². The molecule has 0 aliphatic carbocycles. The van der Waals surface area contributed by atoms with Gasteiger partial charge in [-0.3, -0.25) is 0 Å². The molecule has 0 spiro atoms. The van der Waals surface area contributed by atoms with Crippen LogP contribution in [0.2, 0.25) is 0 Å². The van der Waals surface area contributed by atoms with E-state index in [2.05, 4.69) is 33.4 Å². The summed E-state index contributed by atoms with van der Waals surface area (Å²) in [6.07, 6.45) is 0. The number of hydrogen-bond acceptors (Lipinski definition) is 2. The number of thiol groups is 1. The molecule has 1 aromatic rings. The topological polar surface area (TPSA) is 0 Å². The van der Waals surface area contributed by atoms with Gasteiger partial charge in [-0.1, -0.05) is 20.8 Å². The van der Waals surface area contributed by atoms with Gasteiger partial charge in [0.1, 0.15) is 11.6 Å². The van der Waals surface area contributed by atoms with Gasteiger partial charge in [0.05, 0.1) is 0 Å². The Morgan fingerprint density at radius 1 is 1.29 bits per heavy atom. The van der Waals surface area contributed by atoms with E-state index in [1.54, 1.807) is 0 Å². The van der Waals surface area contributed by atoms with Gasteiger partial charge in [0.2, 0.25) is 0 Å². The van der Waals surface area contributed by atoms with Crippen molar-refractivity contribution in [3.8, 4) is 0 Å². The van der Waals surface area contributed by atoms with Crippen molar-refractivity contribution >= 4 is 24.4 Å². The minimum Gasteiger partial charge on any atom is -0.207 e. The summed E-state index contributed by atoms with van der Waals surface area (Å²) in [5.41, 5.74) is 0.144. The summed E-state index contributed by atoms with van der Waals surface area (Å²) < 4.78 is 26.2. The fraction of sp³-hybridized carbons (Fsp3) is 0.538. The largest absolute Gasteiger partial charge is 0.207 e. The van der Waals surface area contributed by atoms with Crippen LogP contribution in [0.15, 0.2) is 23.1 Å². The van der Waals surface area contributed by atoms with Crippen LogP contribution >= 0.6 is 24.4 Å². The lowest BCUT2D eigenvalue weighted by Gasteiger charge is -2.29. The number of thioether (sulfide) groups is 1. The lowest BCUT2D eigenvalue weighted by atomic mass is 9.83. The van der Waals surface area contributed by atoms with Crippen LogP contribution in [-0.2, 0) is 0 Å². The maximum atomic E-state index is 13.4. The number of rotatable bonds is 4. The zero-order valence-electron chi connectivity index (χ0n) is 10.3. The monoisotopic (exact) mass is 276 g/mol. The van der Waals surface area contributed by atoms with E-state index in [1.807, 2.05) is 0 Å². The van der Waals surface area contributed by atoms with Gasteiger partial charge in [-0.15, -0.1) is 11.8 Å². The Morgan fingerprint density at radius 3 is 2.41 bits per heavy atom. The van der Waals surface area contributed by atoms with Crippen molar-refractivity contribution in [1.82, 2.24) is 0 Å². The first kappa shape index (κ1) is 14.8. The lowest BCUT2D eigenvalue weighted by Crippen LogP contribution is -2.24. The van der Waals surface area contributed by atoms with Gasteiger partial charge in [0, 0.05) is 16.7 Å². The summed E-state index contributed by atoms with van der Waals surface area (Å²) in [4.78, 5) is 0.502. The molecule has 0 saturated heterocycles. The Bertz CT molecular complexity index is 372. The molecule has 0 saturated carbocycles. The zero-order valence-corrected chi connectivity index (χ0v) is 12.0. The molecule has 0 aliphatic heterocycles. The average molecular weight is 276 g/mol. The molecule has 4 heteroatoms. The highest BCUT2D eigenvalue weighted by atomic mass is 32.2. The Morgan fingerprint density at radius 2 is 1.94 bits per heavy atom. The molecule has 1 aromatic carbocycles. The number of halogens is 2. The molecule has 0 fully saturated rings. The summed E-state index contributed by atoms with van der Waals surface area (Å²) in [7, 11) is 0. The second kappa shape index (κ2) is 6.10. The third-order valence-electron chi connectivity index (χ3n) is 2.78. The summed E-state index contributed by atoms with van der Waals surface area (Å²) >= 11 is 5.76. The first-order valence-corrected chi connectivity index (χ1v) is 7.15. The Labute approximate surface area is 112 Å². The minimum atomic E-state index is -0.534. The predicted molar refractivity (Wildman–Crippen MR) is 73.9 cm³/mol. The predicted octanol–water partition coefficient (Wildman–Crippen LogP) is 4.65. The highest BCUT2D eigenvalue weighted by Crippen LogP contribution is 2.33. The van der Waals surface area contributed by atoms with Crippen LogP contribution in [0.25, 0.3) is 0 Å². The Hall–Kier alpha value is -0.220. The molecule has 17 heavy (non-hydrogen) atoms. The van der Waals surface area contributed by atoms with Crippen molar-refractivity contribution in [2.75, 3.05) is 11.5 Å². The lowest BCUT2D eigenvalue weighted by molar-refractivity contribution is 0.294. The van der Waals surface area contributed by atoms with E-state index in [0.29, 0.717) is 10.8 Å². The van der Waals surface area contributed by atoms with Gasteiger partial charge in [-0.05, 0) is 29.2 Å². The van der Waals surface area contributed by atoms with Crippen LogP contribution in [0.1, 0.15) is 20.8 Å². The van der Waals surface area contributed by atoms with Gasteiger partial charge < -0.3 is 0 Å². The summed E-state index contributed by atoms with van der Waals surface area (Å²) in [5.74, 6) is 0.921. The summed E-state index contributed by atoms with van der Waals surface area (Å²) in [6.45, 7) is 6.44. The number of hydrogen-bond donors (Lipinski definition) is 1. The van der Waals surface area contributed by atoms with Crippen LogP contribution in [-0.4, -0.2) is 11.5 Å². The smallest absolute Gasteiger partial charge is 0.139 e. The van der Waals surface area contributed by atoms with E-state index in [4.69, 9.17) is 0 Å². The molecule has 96 valence electrons. The second-order valence-corrected chi connectivity index (χ2v) is 6.56. The van der Waals surface area contributed by atoms with E-state index in [1.165, 1.54) is 23.9 Å². The quantitative estimate of drug-likeness (QED) is 0.617. The SMILES string of the molecule is CC(C)(C)C(CS)CSc1ccc(F)cc1F. The van der Waals surface area contributed by atoms with E-state index in [0.717, 1.165) is 17.6 Å². The standard InChI is InChI=1S/C13H18F2S2/c1-13(2,3)9(7-16)8-17-12-5-4-10(14)6-11(12)15/h4-6,9,16H,7-8H2,1-3H3. The van der Waals surface area contributed by atoms with Crippen molar-refractivity contribution < 1.29 is 8.78 Å². The van der Waals surface area contributed by atoms with Crippen molar-refractivity contribution in [3.05, 3.63) is 29.8 Å². The van der Waals surface area contributed by atoms with Crippen LogP contribution in [0.3, 0.4) is 0 Å². The van der Waals surface area contributed by atoms with Gasteiger partial charge in [0.25, 0.3) is 0 Å². The Balaban J connectivity index is 2.66. The maximum absolute atomic E-state index is 13.4. The van der Waals surface area contributed by atoms with Crippen molar-refractivity contribution in [1.29, 1.82) is 0 Å². The van der Waals surface area contributed by atoms with Crippen molar-refractivity contribution in [3.63, 3.8) is 0 Å². The molecular formula is C13H18F2S2.